The summed E-state index contributed by atoms with van der Waals surface area (Å²) in [6.45, 7) is 5.13. The van der Waals surface area contributed by atoms with E-state index in [4.69, 9.17) is 20.6 Å². The van der Waals surface area contributed by atoms with Crippen LogP contribution in [0, 0.1) is 19.8 Å². The molecule has 2 aliphatic rings. The van der Waals surface area contributed by atoms with Gasteiger partial charge in [0.05, 0.1) is 30.6 Å². The standard InChI is InChI=1S/C33H34FN9O2/c1-18-30(39-43-15-23(11-28(45-3)31(18)43)33(44)40-16-24(34)13-25(35)17-40)27-10-22-6-7-26(36-32(22)42(27)14-20-4-5-20)21-8-9-41-19(2)37-38-29(41)12-21/h6-12,15,20,24-25H,4-5,13-14,16-17,35H2,1-3H3/t24-,25-/m1/s1. The Morgan fingerprint density at radius 1 is 1.11 bits per heavy atom. The van der Waals surface area contributed by atoms with E-state index in [9.17, 15) is 9.18 Å². The van der Waals surface area contributed by atoms with Crippen LogP contribution in [0.5, 0.6) is 5.75 Å². The first-order valence-electron chi connectivity index (χ1n) is 15.4. The molecular weight excluding hydrogens is 573 g/mol. The third-order valence-electron chi connectivity index (χ3n) is 9.12. The Balaban J connectivity index is 1.23. The summed E-state index contributed by atoms with van der Waals surface area (Å²) in [5.74, 6) is 1.66. The first kappa shape index (κ1) is 27.7. The average Bonchev–Trinajstić information content (AvgIpc) is 3.56. The zero-order valence-corrected chi connectivity index (χ0v) is 25.4. The Bertz CT molecular complexity index is 2120. The minimum Gasteiger partial charge on any atom is -0.494 e. The number of carbonyl (C=O) groups is 1. The molecule has 230 valence electrons. The number of likely N-dealkylation sites (tertiary alicyclic amines) is 1. The number of fused-ring (bicyclic) bond motifs is 3. The Kier molecular flexibility index (Phi) is 6.38. The fraction of sp³-hybridized carbons (Fsp3) is 0.364. The van der Waals surface area contributed by atoms with Crippen LogP contribution in [-0.4, -0.2) is 77.0 Å². The van der Waals surface area contributed by atoms with Gasteiger partial charge in [-0.1, -0.05) is 0 Å². The second kappa shape index (κ2) is 10.4. The van der Waals surface area contributed by atoms with E-state index in [0.29, 0.717) is 23.8 Å². The number of carbonyl (C=O) groups excluding carboxylic acids is 1. The topological polar surface area (TPSA) is 121 Å². The van der Waals surface area contributed by atoms with Crippen LogP contribution < -0.4 is 10.5 Å². The fourth-order valence-electron chi connectivity index (χ4n) is 6.62. The average molecular weight is 608 g/mol. The molecule has 1 saturated heterocycles. The number of amides is 1. The van der Waals surface area contributed by atoms with Crippen molar-refractivity contribution in [2.45, 2.75) is 51.9 Å². The number of aromatic nitrogens is 7. The SMILES string of the molecule is COc1cc(C(=O)N2C[C@H](N)C[C@@H](F)C2)cn2nc(-c3cc4ccc(-c5ccn6c(C)nnc6c5)nc4n3CC3CC3)c(C)c12. The Morgan fingerprint density at radius 2 is 1.96 bits per heavy atom. The monoisotopic (exact) mass is 607 g/mol. The molecule has 6 aromatic heterocycles. The third-order valence-corrected chi connectivity index (χ3v) is 9.12. The van der Waals surface area contributed by atoms with Crippen LogP contribution in [0.2, 0.25) is 0 Å². The van der Waals surface area contributed by atoms with E-state index in [1.165, 1.54) is 17.7 Å². The number of nitrogens with two attached hydrogens (primary N) is 1. The molecule has 7 heterocycles. The van der Waals surface area contributed by atoms with Gasteiger partial charge in [-0.3, -0.25) is 9.20 Å². The minimum absolute atomic E-state index is 0.0268. The number of halogens is 1. The molecule has 1 aliphatic heterocycles. The van der Waals surface area contributed by atoms with E-state index in [0.717, 1.165) is 62.8 Å². The highest BCUT2D eigenvalue weighted by atomic mass is 19.1. The maximum absolute atomic E-state index is 14.3. The van der Waals surface area contributed by atoms with E-state index in [1.54, 1.807) is 23.9 Å². The van der Waals surface area contributed by atoms with Crippen LogP contribution in [0.3, 0.4) is 0 Å². The molecule has 8 rings (SSSR count). The van der Waals surface area contributed by atoms with Gasteiger partial charge in [-0.05, 0) is 75.4 Å². The molecule has 2 atom stereocenters. The van der Waals surface area contributed by atoms with Gasteiger partial charge in [0, 0.05) is 48.0 Å². The van der Waals surface area contributed by atoms with Crippen molar-refractivity contribution in [1.29, 1.82) is 0 Å². The van der Waals surface area contributed by atoms with Crippen LogP contribution in [0.15, 0.2) is 48.8 Å². The van der Waals surface area contributed by atoms with Gasteiger partial charge in [0.25, 0.3) is 5.91 Å². The van der Waals surface area contributed by atoms with E-state index >= 15 is 0 Å². The molecule has 45 heavy (non-hydrogen) atoms. The van der Waals surface area contributed by atoms with Crippen molar-refractivity contribution in [1.82, 2.24) is 38.7 Å². The zero-order chi connectivity index (χ0) is 31.0. The predicted molar refractivity (Wildman–Crippen MR) is 168 cm³/mol. The van der Waals surface area contributed by atoms with Gasteiger partial charge in [0.2, 0.25) is 0 Å². The highest BCUT2D eigenvalue weighted by Crippen LogP contribution is 2.38. The lowest BCUT2D eigenvalue weighted by Gasteiger charge is -2.33. The Labute approximate surface area is 258 Å². The van der Waals surface area contributed by atoms with Crippen LogP contribution in [0.4, 0.5) is 4.39 Å². The lowest BCUT2D eigenvalue weighted by molar-refractivity contribution is 0.0606. The molecule has 6 aromatic rings. The maximum Gasteiger partial charge on any atom is 0.255 e. The van der Waals surface area contributed by atoms with Crippen LogP contribution in [-0.2, 0) is 6.54 Å². The molecule has 2 fully saturated rings. The molecule has 0 radical (unpaired) electrons. The largest absolute Gasteiger partial charge is 0.494 e. The number of pyridine rings is 3. The van der Waals surface area contributed by atoms with Crippen molar-refractivity contribution >= 4 is 28.1 Å². The molecule has 2 N–H and O–H groups in total. The van der Waals surface area contributed by atoms with Crippen molar-refractivity contribution in [2.24, 2.45) is 11.7 Å². The molecule has 11 nitrogen and oxygen atoms in total. The normalized spacial score (nSPS) is 18.8. The Morgan fingerprint density at radius 3 is 2.73 bits per heavy atom. The van der Waals surface area contributed by atoms with Crippen molar-refractivity contribution in [2.75, 3.05) is 20.2 Å². The number of alkyl halides is 1. The van der Waals surface area contributed by atoms with Crippen molar-refractivity contribution in [3.63, 3.8) is 0 Å². The van der Waals surface area contributed by atoms with E-state index in [-0.39, 0.29) is 24.9 Å². The second-order valence-electron chi connectivity index (χ2n) is 12.5. The molecule has 1 aliphatic carbocycles. The molecular formula is C33H34FN9O2. The number of hydrogen-bond acceptors (Lipinski definition) is 7. The fourth-order valence-corrected chi connectivity index (χ4v) is 6.62. The number of methoxy groups -OCH3 is 1. The van der Waals surface area contributed by atoms with Crippen molar-refractivity contribution in [3.8, 4) is 28.4 Å². The third kappa shape index (κ3) is 4.71. The Hall–Kier alpha value is -4.84. The maximum atomic E-state index is 14.3. The van der Waals surface area contributed by atoms with Gasteiger partial charge in [0.15, 0.2) is 5.65 Å². The predicted octanol–water partition coefficient (Wildman–Crippen LogP) is 4.61. The molecule has 1 amide bonds. The van der Waals surface area contributed by atoms with Crippen LogP contribution in [0.1, 0.15) is 41.0 Å². The smallest absolute Gasteiger partial charge is 0.255 e. The van der Waals surface area contributed by atoms with Crippen LogP contribution in [0.25, 0.3) is 44.8 Å². The van der Waals surface area contributed by atoms with Gasteiger partial charge in [-0.2, -0.15) is 5.10 Å². The van der Waals surface area contributed by atoms with Crippen LogP contribution >= 0.6 is 0 Å². The summed E-state index contributed by atoms with van der Waals surface area (Å²) in [5.41, 5.74) is 13.4. The summed E-state index contributed by atoms with van der Waals surface area (Å²) in [6, 6.07) is 11.6. The lowest BCUT2D eigenvalue weighted by Crippen LogP contribution is -2.50. The lowest BCUT2D eigenvalue weighted by atomic mass is 10.0. The molecule has 0 aromatic carbocycles. The number of hydrogen-bond donors (Lipinski definition) is 1. The summed E-state index contributed by atoms with van der Waals surface area (Å²) in [5, 5.41) is 14.5. The summed E-state index contributed by atoms with van der Waals surface area (Å²) in [6.07, 6.45) is 5.17. The van der Waals surface area contributed by atoms with E-state index in [1.807, 2.05) is 42.6 Å². The molecule has 1 saturated carbocycles. The molecule has 0 unspecified atom stereocenters. The van der Waals surface area contributed by atoms with Gasteiger partial charge in [-0.15, -0.1) is 10.2 Å². The number of nitrogens with zero attached hydrogens (tertiary/aromatic N) is 8. The van der Waals surface area contributed by atoms with Gasteiger partial charge >= 0.3 is 0 Å². The molecule has 12 heteroatoms. The first-order chi connectivity index (χ1) is 21.8. The summed E-state index contributed by atoms with van der Waals surface area (Å²) >= 11 is 0. The highest BCUT2D eigenvalue weighted by Gasteiger charge is 2.31. The molecule has 0 spiro atoms. The number of rotatable bonds is 6. The van der Waals surface area contributed by atoms with Gasteiger partial charge in [-0.25, -0.2) is 13.9 Å². The highest BCUT2D eigenvalue weighted by molar-refractivity contribution is 5.96. The molecule has 0 bridgehead atoms. The van der Waals surface area contributed by atoms with Gasteiger partial charge < -0.3 is 19.9 Å². The number of piperidine rings is 1. The summed E-state index contributed by atoms with van der Waals surface area (Å²) in [4.78, 5) is 20.1. The summed E-state index contributed by atoms with van der Waals surface area (Å²) < 4.78 is 26.0. The quantitative estimate of drug-likeness (QED) is 0.294. The van der Waals surface area contributed by atoms with E-state index in [2.05, 4.69) is 26.9 Å². The second-order valence-corrected chi connectivity index (χ2v) is 12.5. The summed E-state index contributed by atoms with van der Waals surface area (Å²) in [7, 11) is 1.58. The van der Waals surface area contributed by atoms with E-state index < -0.39 is 6.17 Å². The van der Waals surface area contributed by atoms with Gasteiger partial charge in [0.1, 0.15) is 34.6 Å². The zero-order valence-electron chi connectivity index (χ0n) is 25.4. The minimum atomic E-state index is -1.14. The van der Waals surface area contributed by atoms with Crippen molar-refractivity contribution < 1.29 is 13.9 Å². The van der Waals surface area contributed by atoms with Crippen molar-refractivity contribution in [3.05, 3.63) is 65.7 Å². The first-order valence-corrected chi connectivity index (χ1v) is 15.4. The number of ether oxygens (including phenoxy) is 1. The number of aryl methyl sites for hydroxylation is 2.